The minimum Gasteiger partial charge on any atom is -0.369 e. The predicted molar refractivity (Wildman–Crippen MR) is 129 cm³/mol. The molecule has 1 fully saturated rings. The van der Waals surface area contributed by atoms with E-state index < -0.39 is 0 Å². The number of carbonyl (C=O) groups is 1. The van der Waals surface area contributed by atoms with E-state index in [1.165, 1.54) is 6.33 Å². The molecule has 29 heavy (non-hydrogen) atoms. The van der Waals surface area contributed by atoms with Crippen LogP contribution in [0.4, 0.5) is 5.69 Å². The number of likely N-dealkylation sites (N-methyl/N-ethyl adjacent to an activating group) is 1. The molecule has 0 aliphatic carbocycles. The molecule has 5 nitrogen and oxygen atoms in total. The van der Waals surface area contributed by atoms with Crippen LogP contribution in [0.15, 0.2) is 24.8 Å². The molecule has 0 radical (unpaired) electrons. The van der Waals surface area contributed by atoms with E-state index in [2.05, 4.69) is 26.4 Å². The zero-order chi connectivity index (χ0) is 20.5. The Hall–Kier alpha value is -1.25. The van der Waals surface area contributed by atoms with Crippen molar-refractivity contribution in [2.75, 3.05) is 29.5 Å². The van der Waals surface area contributed by atoms with Gasteiger partial charge in [-0.15, -0.1) is 20.7 Å². The minimum atomic E-state index is 0.00190. The lowest BCUT2D eigenvalue weighted by Gasteiger charge is -2.38. The Labute approximate surface area is 191 Å². The van der Waals surface area contributed by atoms with Crippen molar-refractivity contribution in [2.24, 2.45) is 0 Å². The van der Waals surface area contributed by atoms with Gasteiger partial charge in [-0.05, 0) is 34.5 Å². The first kappa shape index (κ1) is 21.0. The highest BCUT2D eigenvalue weighted by atomic mass is 127. The van der Waals surface area contributed by atoms with Crippen LogP contribution in [0.5, 0.6) is 0 Å². The fourth-order valence-corrected chi connectivity index (χ4v) is 5.98. The molecule has 1 aromatic carbocycles. The Morgan fingerprint density at radius 3 is 2.83 bits per heavy atom. The largest absolute Gasteiger partial charge is 0.369 e. The maximum Gasteiger partial charge on any atom is 0.222 e. The maximum absolute atomic E-state index is 12.8. The van der Waals surface area contributed by atoms with Gasteiger partial charge in [0, 0.05) is 56.5 Å². The van der Waals surface area contributed by atoms with Crippen molar-refractivity contribution in [3.8, 4) is 11.1 Å². The molecule has 154 valence electrons. The molecular formula is C21H23Cl2IN4O. The Balaban J connectivity index is 1.72. The third-order valence-electron chi connectivity index (χ3n) is 5.91. The fraction of sp³-hybridized carbons (Fsp3) is 0.429. The molecular weight excluding hydrogens is 522 g/mol. The number of alkyl halides is 1. The Morgan fingerprint density at radius 1 is 1.34 bits per heavy atom. The number of halogens is 3. The van der Waals surface area contributed by atoms with Gasteiger partial charge in [0.1, 0.15) is 6.33 Å². The van der Waals surface area contributed by atoms with Crippen molar-refractivity contribution in [3.05, 3.63) is 40.4 Å². The second kappa shape index (κ2) is 8.86. The molecule has 8 heteroatoms. The number of benzene rings is 1. The number of piperidine rings is 1. The number of amides is 1. The summed E-state index contributed by atoms with van der Waals surface area (Å²) in [5.41, 5.74) is 4.05. The Kier molecular flexibility index (Phi) is 6.41. The SMILES string of the molecule is C=ICCCC(=O)N1CCC2C(C1)c1c(-c3cncnc3)cc(Cl)c(Cl)c1N2C. The number of nitrogens with zero attached hydrogens (tertiary/aromatic N) is 4. The van der Waals surface area contributed by atoms with Crippen LogP contribution in [0.1, 0.15) is 30.7 Å². The van der Waals surface area contributed by atoms with E-state index in [1.54, 1.807) is 12.4 Å². The average molecular weight is 545 g/mol. The molecule has 3 heterocycles. The van der Waals surface area contributed by atoms with Gasteiger partial charge in [0.05, 0.1) is 15.7 Å². The van der Waals surface area contributed by atoms with Crippen molar-refractivity contribution in [2.45, 2.75) is 31.2 Å². The molecule has 0 N–H and O–H groups in total. The lowest BCUT2D eigenvalue weighted by atomic mass is 9.85. The van der Waals surface area contributed by atoms with E-state index in [-0.39, 0.29) is 32.6 Å². The van der Waals surface area contributed by atoms with Crippen LogP contribution in [0, 0.1) is 0 Å². The molecule has 4 rings (SSSR count). The second-order valence-corrected chi connectivity index (χ2v) is 10.4. The van der Waals surface area contributed by atoms with Gasteiger partial charge in [0.2, 0.25) is 5.91 Å². The highest BCUT2D eigenvalue weighted by Crippen LogP contribution is 2.53. The molecule has 2 aliphatic rings. The number of anilines is 1. The van der Waals surface area contributed by atoms with Gasteiger partial charge in [0.25, 0.3) is 0 Å². The molecule has 0 spiro atoms. The van der Waals surface area contributed by atoms with E-state index in [1.807, 2.05) is 11.0 Å². The highest BCUT2D eigenvalue weighted by molar-refractivity contribution is 14.2. The minimum absolute atomic E-state index is 0.00190. The third-order valence-corrected chi connectivity index (χ3v) is 8.22. The van der Waals surface area contributed by atoms with Crippen molar-refractivity contribution in [3.63, 3.8) is 0 Å². The fourth-order valence-electron chi connectivity index (χ4n) is 4.57. The summed E-state index contributed by atoms with van der Waals surface area (Å²) in [6, 6.07) is 2.22. The van der Waals surface area contributed by atoms with Crippen LogP contribution < -0.4 is 4.90 Å². The topological polar surface area (TPSA) is 49.3 Å². The highest BCUT2D eigenvalue weighted by Gasteiger charge is 2.44. The normalized spacial score (nSPS) is 20.5. The number of hydrogen-bond acceptors (Lipinski definition) is 4. The van der Waals surface area contributed by atoms with Crippen LogP contribution >= 0.6 is 43.9 Å². The Bertz CT molecular complexity index is 940. The molecule has 1 amide bonds. The number of fused-ring (bicyclic) bond motifs is 3. The standard InChI is InChI=1S/C21H23Cl2IN4O/c1-24-6-3-4-18(29)28-7-5-17-15(11-28)19-14(13-9-25-12-26-10-13)8-16(22)20(23)21(19)27(17)2/h8-10,12,15,17H,1,3-7,11H2,2H3. The lowest BCUT2D eigenvalue weighted by Crippen LogP contribution is -2.47. The first-order valence-corrected chi connectivity index (χ1v) is 13.4. The Morgan fingerprint density at radius 2 is 2.10 bits per heavy atom. The molecule has 0 bridgehead atoms. The first-order chi connectivity index (χ1) is 14.0. The molecule has 2 atom stereocenters. The van der Waals surface area contributed by atoms with Gasteiger partial charge in [-0.25, -0.2) is 9.97 Å². The van der Waals surface area contributed by atoms with Crippen LogP contribution in [-0.2, 0) is 4.79 Å². The summed E-state index contributed by atoms with van der Waals surface area (Å²) in [5, 5.41) is 1.11. The first-order valence-electron chi connectivity index (χ1n) is 9.63. The van der Waals surface area contributed by atoms with Crippen molar-refractivity contribution in [1.29, 1.82) is 0 Å². The van der Waals surface area contributed by atoms with Gasteiger partial charge in [-0.2, -0.15) is 0 Å². The van der Waals surface area contributed by atoms with Gasteiger partial charge < -0.3 is 9.80 Å². The molecule has 2 unspecified atom stereocenters. The quantitative estimate of drug-likeness (QED) is 0.309. The number of aromatic nitrogens is 2. The summed E-state index contributed by atoms with van der Waals surface area (Å²) in [4.78, 5) is 25.4. The third kappa shape index (κ3) is 3.91. The van der Waals surface area contributed by atoms with Crippen molar-refractivity contribution < 1.29 is 4.79 Å². The summed E-state index contributed by atoms with van der Waals surface area (Å²) >= 11 is 13.1. The zero-order valence-corrected chi connectivity index (χ0v) is 19.9. The van der Waals surface area contributed by atoms with E-state index >= 15 is 0 Å². The zero-order valence-electron chi connectivity index (χ0n) is 16.2. The summed E-state index contributed by atoms with van der Waals surface area (Å²) < 4.78 is 5.07. The molecule has 1 aromatic heterocycles. The van der Waals surface area contributed by atoms with E-state index in [9.17, 15) is 4.79 Å². The van der Waals surface area contributed by atoms with Crippen LogP contribution in [0.2, 0.25) is 10.0 Å². The van der Waals surface area contributed by atoms with Crippen LogP contribution in [0.25, 0.3) is 11.1 Å². The van der Waals surface area contributed by atoms with E-state index in [4.69, 9.17) is 23.2 Å². The summed E-state index contributed by atoms with van der Waals surface area (Å²) in [6.45, 7) is 1.49. The molecule has 1 saturated heterocycles. The van der Waals surface area contributed by atoms with Gasteiger partial charge in [0.15, 0.2) is 0 Å². The summed E-state index contributed by atoms with van der Waals surface area (Å²) in [5.74, 6) is 0.444. The molecule has 2 aliphatic heterocycles. The van der Waals surface area contributed by atoms with Crippen LogP contribution in [0.3, 0.4) is 0 Å². The van der Waals surface area contributed by atoms with E-state index in [0.717, 1.165) is 46.2 Å². The van der Waals surface area contributed by atoms with Crippen molar-refractivity contribution in [1.82, 2.24) is 14.9 Å². The lowest BCUT2D eigenvalue weighted by molar-refractivity contribution is -0.132. The molecule has 0 saturated carbocycles. The van der Waals surface area contributed by atoms with Gasteiger partial charge in [-0.1, -0.05) is 27.7 Å². The number of rotatable bonds is 5. The smallest absolute Gasteiger partial charge is 0.222 e. The van der Waals surface area contributed by atoms with E-state index in [0.29, 0.717) is 29.1 Å². The maximum atomic E-state index is 12.8. The van der Waals surface area contributed by atoms with Crippen molar-refractivity contribution >= 4 is 60.0 Å². The number of carbonyl (C=O) groups excluding carboxylic acids is 1. The predicted octanol–water partition coefficient (Wildman–Crippen LogP) is 4.77. The number of likely N-dealkylation sites (tertiary alicyclic amines) is 1. The number of hydrogen-bond donors (Lipinski definition) is 0. The summed E-state index contributed by atoms with van der Waals surface area (Å²) in [7, 11) is 2.08. The monoisotopic (exact) mass is 544 g/mol. The van der Waals surface area contributed by atoms with Crippen LogP contribution in [-0.4, -0.2) is 55.9 Å². The van der Waals surface area contributed by atoms with Gasteiger partial charge >= 0.3 is 0 Å². The second-order valence-electron chi connectivity index (χ2n) is 7.50. The molecule has 2 aromatic rings. The summed E-state index contributed by atoms with van der Waals surface area (Å²) in [6.07, 6.45) is 7.61. The average Bonchev–Trinajstić information content (AvgIpc) is 3.03. The van der Waals surface area contributed by atoms with Gasteiger partial charge in [-0.3, -0.25) is 4.79 Å².